The van der Waals surface area contributed by atoms with Crippen molar-refractivity contribution in [3.8, 4) is 0 Å². The number of amides is 2. The molecule has 0 aliphatic rings. The van der Waals surface area contributed by atoms with Crippen molar-refractivity contribution in [2.45, 2.75) is 39.2 Å². The number of unbranched alkanes of at least 4 members (excludes halogenated alkanes) is 1. The fourth-order valence-electron chi connectivity index (χ4n) is 1.11. The van der Waals surface area contributed by atoms with Crippen LogP contribution in [0.4, 0.5) is 0 Å². The molecule has 0 rings (SSSR count). The molecule has 0 saturated heterocycles. The summed E-state index contributed by atoms with van der Waals surface area (Å²) in [6, 6.07) is -0.428. The number of carbonyl (C=O) groups excluding carboxylic acids is 2. The zero-order chi connectivity index (χ0) is 11.7. The molecule has 0 aromatic carbocycles. The van der Waals surface area contributed by atoms with E-state index in [-0.39, 0.29) is 11.8 Å². The van der Waals surface area contributed by atoms with Crippen LogP contribution in [0.2, 0.25) is 0 Å². The second-order valence-corrected chi connectivity index (χ2v) is 3.52. The molecule has 88 valence electrons. The first-order valence-electron chi connectivity index (χ1n) is 5.35. The molecule has 4 N–H and O–H groups in total. The molecule has 0 spiro atoms. The van der Waals surface area contributed by atoms with E-state index in [1.165, 1.54) is 6.92 Å². The average Bonchev–Trinajstić information content (AvgIpc) is 2.20. The predicted molar refractivity (Wildman–Crippen MR) is 59.2 cm³/mol. The Bertz CT molecular complexity index is 207. The number of nitrogens with one attached hydrogen (secondary N) is 2. The first-order chi connectivity index (χ1) is 7.07. The van der Waals surface area contributed by atoms with E-state index < -0.39 is 6.04 Å². The van der Waals surface area contributed by atoms with Gasteiger partial charge in [-0.1, -0.05) is 19.8 Å². The Morgan fingerprint density at radius 3 is 2.40 bits per heavy atom. The van der Waals surface area contributed by atoms with Crippen LogP contribution in [0.25, 0.3) is 0 Å². The molecule has 0 saturated carbocycles. The van der Waals surface area contributed by atoms with Crippen molar-refractivity contribution in [1.82, 2.24) is 10.6 Å². The number of hydrogen-bond acceptors (Lipinski definition) is 3. The molecule has 5 nitrogen and oxygen atoms in total. The van der Waals surface area contributed by atoms with Gasteiger partial charge in [-0.2, -0.15) is 0 Å². The van der Waals surface area contributed by atoms with E-state index in [0.717, 1.165) is 12.8 Å². The highest BCUT2D eigenvalue weighted by Crippen LogP contribution is 1.97. The third kappa shape index (κ3) is 7.93. The molecule has 0 aromatic rings. The van der Waals surface area contributed by atoms with Crippen LogP contribution in [0.5, 0.6) is 0 Å². The first kappa shape index (κ1) is 13.9. The van der Waals surface area contributed by atoms with Crippen LogP contribution in [0.15, 0.2) is 0 Å². The molecular formula is C10H21N3O2. The highest BCUT2D eigenvalue weighted by molar-refractivity contribution is 5.81. The van der Waals surface area contributed by atoms with Crippen LogP contribution in [0, 0.1) is 0 Å². The van der Waals surface area contributed by atoms with Crippen molar-refractivity contribution in [2.75, 3.05) is 13.1 Å². The predicted octanol–water partition coefficient (Wildman–Crippen LogP) is -0.244. The minimum Gasteiger partial charge on any atom is -0.355 e. The van der Waals surface area contributed by atoms with Crippen molar-refractivity contribution in [3.63, 3.8) is 0 Å². The normalized spacial score (nSPS) is 11.9. The van der Waals surface area contributed by atoms with Gasteiger partial charge in [0, 0.05) is 20.0 Å². The molecular weight excluding hydrogens is 194 g/mol. The Morgan fingerprint density at radius 1 is 1.27 bits per heavy atom. The van der Waals surface area contributed by atoms with Gasteiger partial charge in [0.25, 0.3) is 0 Å². The molecule has 0 heterocycles. The second-order valence-electron chi connectivity index (χ2n) is 3.52. The lowest BCUT2D eigenvalue weighted by molar-refractivity contribution is -0.123. The molecule has 2 amide bonds. The first-order valence-corrected chi connectivity index (χ1v) is 5.35. The second kappa shape index (κ2) is 8.23. The third-order valence-corrected chi connectivity index (χ3v) is 2.00. The Labute approximate surface area is 90.8 Å². The number of hydrogen-bond donors (Lipinski definition) is 3. The van der Waals surface area contributed by atoms with Crippen LogP contribution in [0.1, 0.15) is 33.1 Å². The fourth-order valence-corrected chi connectivity index (χ4v) is 1.11. The minimum atomic E-state index is -0.428. The van der Waals surface area contributed by atoms with Crippen LogP contribution >= 0.6 is 0 Å². The number of rotatable bonds is 7. The van der Waals surface area contributed by atoms with E-state index in [1.807, 2.05) is 0 Å². The average molecular weight is 215 g/mol. The van der Waals surface area contributed by atoms with E-state index >= 15 is 0 Å². The van der Waals surface area contributed by atoms with Gasteiger partial charge in [-0.05, 0) is 6.42 Å². The van der Waals surface area contributed by atoms with Crippen LogP contribution < -0.4 is 16.4 Å². The lowest BCUT2D eigenvalue weighted by atomic mass is 10.1. The standard InChI is InChI=1S/C10H21N3O2/c1-3-4-5-9(11)10(15)13-7-6-12-8(2)14/h9H,3-7,11H2,1-2H3,(H,12,14)(H,13,15)/t9-/m0/s1. The maximum absolute atomic E-state index is 11.3. The van der Waals surface area contributed by atoms with Crippen molar-refractivity contribution in [2.24, 2.45) is 5.73 Å². The van der Waals surface area contributed by atoms with Crippen molar-refractivity contribution in [1.29, 1.82) is 0 Å². The largest absolute Gasteiger partial charge is 0.355 e. The molecule has 0 aliphatic carbocycles. The van der Waals surface area contributed by atoms with E-state index in [2.05, 4.69) is 17.6 Å². The van der Waals surface area contributed by atoms with Gasteiger partial charge in [-0.25, -0.2) is 0 Å². The molecule has 1 atom stereocenters. The summed E-state index contributed by atoms with van der Waals surface area (Å²) < 4.78 is 0. The summed E-state index contributed by atoms with van der Waals surface area (Å²) >= 11 is 0. The smallest absolute Gasteiger partial charge is 0.236 e. The van der Waals surface area contributed by atoms with E-state index in [4.69, 9.17) is 5.73 Å². The monoisotopic (exact) mass is 215 g/mol. The Hall–Kier alpha value is -1.10. The summed E-state index contributed by atoms with van der Waals surface area (Å²) in [7, 11) is 0. The fraction of sp³-hybridized carbons (Fsp3) is 0.800. The van der Waals surface area contributed by atoms with Gasteiger partial charge in [-0.3, -0.25) is 9.59 Å². The lowest BCUT2D eigenvalue weighted by Gasteiger charge is -2.11. The summed E-state index contributed by atoms with van der Waals surface area (Å²) in [5.74, 6) is -0.242. The zero-order valence-corrected chi connectivity index (χ0v) is 9.51. The molecule has 0 aliphatic heterocycles. The highest BCUT2D eigenvalue weighted by atomic mass is 16.2. The van der Waals surface area contributed by atoms with E-state index in [0.29, 0.717) is 19.5 Å². The molecule has 0 radical (unpaired) electrons. The van der Waals surface area contributed by atoms with Gasteiger partial charge in [0.15, 0.2) is 0 Å². The number of carbonyl (C=O) groups is 2. The Balaban J connectivity index is 3.51. The lowest BCUT2D eigenvalue weighted by Crippen LogP contribution is -2.43. The van der Waals surface area contributed by atoms with Crippen molar-refractivity contribution >= 4 is 11.8 Å². The van der Waals surface area contributed by atoms with Gasteiger partial charge in [0.2, 0.25) is 11.8 Å². The Morgan fingerprint density at radius 2 is 1.87 bits per heavy atom. The summed E-state index contributed by atoms with van der Waals surface area (Å²) in [6.07, 6.45) is 2.70. The topological polar surface area (TPSA) is 84.2 Å². The van der Waals surface area contributed by atoms with Gasteiger partial charge in [0.1, 0.15) is 0 Å². The molecule has 0 fully saturated rings. The van der Waals surface area contributed by atoms with Gasteiger partial charge in [-0.15, -0.1) is 0 Å². The molecule has 0 bridgehead atoms. The van der Waals surface area contributed by atoms with E-state index in [9.17, 15) is 9.59 Å². The zero-order valence-electron chi connectivity index (χ0n) is 9.51. The van der Waals surface area contributed by atoms with Crippen LogP contribution in [0.3, 0.4) is 0 Å². The summed E-state index contributed by atoms with van der Waals surface area (Å²) in [5, 5.41) is 5.26. The van der Waals surface area contributed by atoms with Gasteiger partial charge >= 0.3 is 0 Å². The van der Waals surface area contributed by atoms with Crippen molar-refractivity contribution < 1.29 is 9.59 Å². The summed E-state index contributed by atoms with van der Waals surface area (Å²) in [6.45, 7) is 4.37. The molecule has 15 heavy (non-hydrogen) atoms. The molecule has 0 unspecified atom stereocenters. The van der Waals surface area contributed by atoms with Crippen molar-refractivity contribution in [3.05, 3.63) is 0 Å². The maximum Gasteiger partial charge on any atom is 0.236 e. The summed E-state index contributed by atoms with van der Waals surface area (Å²) in [4.78, 5) is 21.9. The third-order valence-electron chi connectivity index (χ3n) is 2.00. The van der Waals surface area contributed by atoms with Gasteiger partial charge in [0.05, 0.1) is 6.04 Å². The SMILES string of the molecule is CCCC[C@H](N)C(=O)NCCNC(C)=O. The van der Waals surface area contributed by atoms with Crippen LogP contribution in [-0.4, -0.2) is 30.9 Å². The quantitative estimate of drug-likeness (QED) is 0.512. The maximum atomic E-state index is 11.3. The van der Waals surface area contributed by atoms with Crippen LogP contribution in [-0.2, 0) is 9.59 Å². The number of nitrogens with two attached hydrogens (primary N) is 1. The Kier molecular flexibility index (Phi) is 7.62. The highest BCUT2D eigenvalue weighted by Gasteiger charge is 2.11. The molecule has 0 aromatic heterocycles. The summed E-state index contributed by atoms with van der Waals surface area (Å²) in [5.41, 5.74) is 5.65. The molecule has 5 heteroatoms. The van der Waals surface area contributed by atoms with E-state index in [1.54, 1.807) is 0 Å². The minimum absolute atomic E-state index is 0.0977. The van der Waals surface area contributed by atoms with Gasteiger partial charge < -0.3 is 16.4 Å².